The van der Waals surface area contributed by atoms with Gasteiger partial charge in [0.2, 0.25) is 0 Å². The molecule has 0 aliphatic carbocycles. The Kier molecular flexibility index (Phi) is 10.8. The van der Waals surface area contributed by atoms with E-state index in [0.717, 1.165) is 25.6 Å². The van der Waals surface area contributed by atoms with Crippen LogP contribution < -0.4 is 10.6 Å². The summed E-state index contributed by atoms with van der Waals surface area (Å²) >= 11 is 0. The van der Waals surface area contributed by atoms with E-state index in [0.29, 0.717) is 0 Å². The number of piperidine rings is 1. The number of halogens is 1. The largest absolute Gasteiger partial charge is 0.357 e. The van der Waals surface area contributed by atoms with Crippen LogP contribution in [0, 0.1) is 0 Å². The van der Waals surface area contributed by atoms with Crippen molar-refractivity contribution in [2.24, 2.45) is 12.0 Å². The average Bonchev–Trinajstić information content (AvgIpc) is 3.06. The molecule has 1 aliphatic rings. The Balaban J connectivity index is 0.00000392. The van der Waals surface area contributed by atoms with Crippen LogP contribution in [0.2, 0.25) is 0 Å². The Hall–Kier alpha value is -0.870. The van der Waals surface area contributed by atoms with Gasteiger partial charge in [0.25, 0.3) is 0 Å². The first-order valence-corrected chi connectivity index (χ1v) is 10.3. The van der Waals surface area contributed by atoms with E-state index in [2.05, 4.69) is 66.6 Å². The topological polar surface area (TPSA) is 60.7 Å². The molecule has 2 N–H and O–H groups in total. The Morgan fingerprint density at radius 2 is 1.93 bits per heavy atom. The van der Waals surface area contributed by atoms with Gasteiger partial charge in [-0.3, -0.25) is 14.6 Å². The van der Waals surface area contributed by atoms with Gasteiger partial charge < -0.3 is 15.5 Å². The summed E-state index contributed by atoms with van der Waals surface area (Å²) in [5.41, 5.74) is 1.30. The summed E-state index contributed by atoms with van der Waals surface area (Å²) in [6.45, 7) is 11.5. The zero-order valence-corrected chi connectivity index (χ0v) is 20.9. The molecule has 8 heteroatoms. The molecular weight excluding hydrogens is 465 g/mol. The molecule has 1 saturated heterocycles. The standard InChI is InChI=1S/C20H39N7.HI/c1-7-21-19(23-16-20(2,3)27-11-9-8-10-12-27)22-14-18(25(4)5)17-13-24-26(6)15-17;/h13,15,18H,7-12,14,16H2,1-6H3,(H2,21,22,23);1H. The molecule has 28 heavy (non-hydrogen) atoms. The van der Waals surface area contributed by atoms with Gasteiger partial charge in [-0.05, 0) is 60.8 Å². The van der Waals surface area contributed by atoms with Crippen molar-refractivity contribution in [2.75, 3.05) is 46.8 Å². The van der Waals surface area contributed by atoms with Crippen LogP contribution in [0.3, 0.4) is 0 Å². The van der Waals surface area contributed by atoms with Crippen molar-refractivity contribution in [1.82, 2.24) is 30.2 Å². The first-order valence-electron chi connectivity index (χ1n) is 10.3. The molecule has 2 heterocycles. The van der Waals surface area contributed by atoms with Gasteiger partial charge in [0, 0.05) is 37.4 Å². The molecule has 1 aromatic heterocycles. The lowest BCUT2D eigenvalue weighted by Crippen LogP contribution is -2.50. The van der Waals surface area contributed by atoms with Crippen molar-refractivity contribution < 1.29 is 0 Å². The lowest BCUT2D eigenvalue weighted by molar-refractivity contribution is 0.102. The first-order chi connectivity index (χ1) is 12.8. The number of nitrogens with one attached hydrogen (secondary N) is 2. The molecule has 0 radical (unpaired) electrons. The molecule has 0 spiro atoms. The number of rotatable bonds is 8. The van der Waals surface area contributed by atoms with Crippen molar-refractivity contribution >= 4 is 29.9 Å². The fraction of sp³-hybridized carbons (Fsp3) is 0.800. The second-order valence-corrected chi connectivity index (χ2v) is 8.36. The van der Waals surface area contributed by atoms with Crippen LogP contribution >= 0.6 is 24.0 Å². The van der Waals surface area contributed by atoms with E-state index in [4.69, 9.17) is 4.99 Å². The van der Waals surface area contributed by atoms with E-state index >= 15 is 0 Å². The fourth-order valence-electron chi connectivity index (χ4n) is 3.62. The highest BCUT2D eigenvalue weighted by molar-refractivity contribution is 14.0. The number of aryl methyl sites for hydroxylation is 1. The lowest BCUT2D eigenvalue weighted by Gasteiger charge is -2.40. The highest BCUT2D eigenvalue weighted by atomic mass is 127. The van der Waals surface area contributed by atoms with Gasteiger partial charge >= 0.3 is 0 Å². The molecule has 0 amide bonds. The SMILES string of the molecule is CCNC(=NCC(C)(C)N1CCCCC1)NCC(c1cnn(C)c1)N(C)C.I. The number of likely N-dealkylation sites (tertiary alicyclic amines) is 1. The maximum atomic E-state index is 4.90. The fourth-order valence-corrected chi connectivity index (χ4v) is 3.62. The number of guanidine groups is 1. The minimum Gasteiger partial charge on any atom is -0.357 e. The van der Waals surface area contributed by atoms with Gasteiger partial charge in [-0.2, -0.15) is 5.10 Å². The van der Waals surface area contributed by atoms with Crippen LogP contribution in [-0.4, -0.2) is 77.9 Å². The van der Waals surface area contributed by atoms with Gasteiger partial charge in [0.1, 0.15) is 0 Å². The summed E-state index contributed by atoms with van der Waals surface area (Å²) in [7, 11) is 6.16. The maximum absolute atomic E-state index is 4.90. The number of hydrogen-bond donors (Lipinski definition) is 2. The van der Waals surface area contributed by atoms with E-state index in [1.807, 2.05) is 17.9 Å². The molecule has 1 unspecified atom stereocenters. The Morgan fingerprint density at radius 3 is 2.46 bits per heavy atom. The molecular formula is C20H40IN7. The van der Waals surface area contributed by atoms with Crippen LogP contribution in [0.4, 0.5) is 0 Å². The molecule has 1 aromatic rings. The van der Waals surface area contributed by atoms with Crippen LogP contribution in [0.25, 0.3) is 0 Å². The summed E-state index contributed by atoms with van der Waals surface area (Å²) in [5.74, 6) is 0.887. The van der Waals surface area contributed by atoms with Crippen LogP contribution in [0.15, 0.2) is 17.4 Å². The molecule has 1 fully saturated rings. The monoisotopic (exact) mass is 505 g/mol. The normalized spacial score (nSPS) is 17.3. The van der Waals surface area contributed by atoms with E-state index in [9.17, 15) is 0 Å². The highest BCUT2D eigenvalue weighted by Gasteiger charge is 2.27. The lowest BCUT2D eigenvalue weighted by atomic mass is 9.99. The van der Waals surface area contributed by atoms with E-state index < -0.39 is 0 Å². The third-order valence-electron chi connectivity index (χ3n) is 5.38. The highest BCUT2D eigenvalue weighted by Crippen LogP contribution is 2.21. The second kappa shape index (κ2) is 12.0. The minimum absolute atomic E-state index is 0. The summed E-state index contributed by atoms with van der Waals surface area (Å²) in [6, 6.07) is 0.248. The van der Waals surface area contributed by atoms with Gasteiger partial charge in [0.05, 0.1) is 18.8 Å². The third kappa shape index (κ3) is 7.51. The number of hydrogen-bond acceptors (Lipinski definition) is 4. The van der Waals surface area contributed by atoms with E-state index in [-0.39, 0.29) is 35.6 Å². The molecule has 1 aliphatic heterocycles. The quantitative estimate of drug-likeness (QED) is 0.323. The van der Waals surface area contributed by atoms with Crippen LogP contribution in [0.1, 0.15) is 51.6 Å². The van der Waals surface area contributed by atoms with E-state index in [1.165, 1.54) is 37.9 Å². The number of likely N-dealkylation sites (N-methyl/N-ethyl adjacent to an activating group) is 1. The summed E-state index contributed by atoms with van der Waals surface area (Å²) in [4.78, 5) is 9.70. The first kappa shape index (κ1) is 25.2. The minimum atomic E-state index is 0. The van der Waals surface area contributed by atoms with Crippen molar-refractivity contribution in [2.45, 2.75) is 51.6 Å². The molecule has 1 atom stereocenters. The van der Waals surface area contributed by atoms with Crippen molar-refractivity contribution in [3.63, 3.8) is 0 Å². The van der Waals surface area contributed by atoms with Crippen molar-refractivity contribution in [1.29, 1.82) is 0 Å². The van der Waals surface area contributed by atoms with Gasteiger partial charge in [0.15, 0.2) is 5.96 Å². The average molecular weight is 505 g/mol. The molecule has 0 aromatic carbocycles. The molecule has 7 nitrogen and oxygen atoms in total. The zero-order valence-electron chi connectivity index (χ0n) is 18.5. The van der Waals surface area contributed by atoms with Gasteiger partial charge in [-0.1, -0.05) is 6.42 Å². The molecule has 0 saturated carbocycles. The Bertz CT molecular complexity index is 591. The van der Waals surface area contributed by atoms with Crippen LogP contribution in [0.5, 0.6) is 0 Å². The molecule has 162 valence electrons. The smallest absolute Gasteiger partial charge is 0.191 e. The van der Waals surface area contributed by atoms with Crippen molar-refractivity contribution in [3.8, 4) is 0 Å². The Morgan fingerprint density at radius 1 is 1.25 bits per heavy atom. The Labute approximate surface area is 188 Å². The predicted octanol–water partition coefficient (Wildman–Crippen LogP) is 2.46. The number of aliphatic imine (C=N–C) groups is 1. The summed E-state index contributed by atoms with van der Waals surface area (Å²) in [5, 5.41) is 11.2. The van der Waals surface area contributed by atoms with E-state index in [1.54, 1.807) is 0 Å². The predicted molar refractivity (Wildman–Crippen MR) is 129 cm³/mol. The second-order valence-electron chi connectivity index (χ2n) is 8.36. The van der Waals surface area contributed by atoms with Gasteiger partial charge in [-0.25, -0.2) is 0 Å². The summed E-state index contributed by atoms with van der Waals surface area (Å²) in [6.07, 6.45) is 7.99. The number of aromatic nitrogens is 2. The molecule has 0 bridgehead atoms. The number of nitrogens with zero attached hydrogens (tertiary/aromatic N) is 5. The summed E-state index contributed by atoms with van der Waals surface area (Å²) < 4.78 is 1.85. The van der Waals surface area contributed by atoms with Crippen molar-refractivity contribution in [3.05, 3.63) is 18.0 Å². The van der Waals surface area contributed by atoms with Crippen LogP contribution in [-0.2, 0) is 7.05 Å². The zero-order chi connectivity index (χ0) is 19.9. The van der Waals surface area contributed by atoms with Gasteiger partial charge in [-0.15, -0.1) is 24.0 Å². The molecule has 2 rings (SSSR count). The third-order valence-corrected chi connectivity index (χ3v) is 5.38. The maximum Gasteiger partial charge on any atom is 0.191 e.